The van der Waals surface area contributed by atoms with Gasteiger partial charge in [-0.1, -0.05) is 25.3 Å². The van der Waals surface area contributed by atoms with Crippen LogP contribution in [0.5, 0.6) is 0 Å². The molecule has 3 rings (SSSR count). The van der Waals surface area contributed by atoms with Crippen LogP contribution in [0, 0.1) is 0 Å². The minimum atomic E-state index is 0.0736. The second-order valence-corrected chi connectivity index (χ2v) is 5.90. The summed E-state index contributed by atoms with van der Waals surface area (Å²) in [7, 11) is 2.14. The van der Waals surface area contributed by atoms with E-state index in [0.29, 0.717) is 5.92 Å². The number of hydrogen-bond acceptors (Lipinski definition) is 2. The summed E-state index contributed by atoms with van der Waals surface area (Å²) < 4.78 is 2.27. The van der Waals surface area contributed by atoms with Crippen LogP contribution in [0.15, 0.2) is 18.2 Å². The van der Waals surface area contributed by atoms with Crippen LogP contribution in [0.4, 0.5) is 0 Å². The van der Waals surface area contributed by atoms with E-state index in [0.717, 1.165) is 5.52 Å². The van der Waals surface area contributed by atoms with E-state index in [1.807, 2.05) is 6.92 Å². The van der Waals surface area contributed by atoms with Crippen molar-refractivity contribution >= 4 is 11.0 Å². The van der Waals surface area contributed by atoms with Crippen molar-refractivity contribution in [2.24, 2.45) is 12.8 Å². The monoisotopic (exact) mass is 257 g/mol. The fourth-order valence-electron chi connectivity index (χ4n) is 3.24. The Balaban J connectivity index is 2.03. The van der Waals surface area contributed by atoms with Gasteiger partial charge >= 0.3 is 0 Å². The predicted molar refractivity (Wildman–Crippen MR) is 79.1 cm³/mol. The van der Waals surface area contributed by atoms with Gasteiger partial charge in [-0.25, -0.2) is 4.98 Å². The van der Waals surface area contributed by atoms with Crippen molar-refractivity contribution < 1.29 is 0 Å². The Morgan fingerprint density at radius 3 is 2.68 bits per heavy atom. The fraction of sp³-hybridized carbons (Fsp3) is 0.562. The van der Waals surface area contributed by atoms with E-state index in [9.17, 15) is 0 Å². The lowest BCUT2D eigenvalue weighted by Crippen LogP contribution is -2.09. The highest BCUT2D eigenvalue weighted by Crippen LogP contribution is 2.33. The minimum absolute atomic E-state index is 0.0736. The number of rotatable bonds is 2. The SMILES string of the molecule is CC(N)c1ccc2c(c1)nc(C1CCCCC1)n2C. The Morgan fingerprint density at radius 1 is 1.26 bits per heavy atom. The highest BCUT2D eigenvalue weighted by Gasteiger charge is 2.21. The smallest absolute Gasteiger partial charge is 0.112 e. The van der Waals surface area contributed by atoms with E-state index < -0.39 is 0 Å². The molecular formula is C16H23N3. The lowest BCUT2D eigenvalue weighted by molar-refractivity contribution is 0.423. The maximum Gasteiger partial charge on any atom is 0.112 e. The Morgan fingerprint density at radius 2 is 2.00 bits per heavy atom. The van der Waals surface area contributed by atoms with Crippen LogP contribution < -0.4 is 5.73 Å². The molecule has 1 aliphatic carbocycles. The molecule has 0 saturated heterocycles. The summed E-state index contributed by atoms with van der Waals surface area (Å²) in [6, 6.07) is 6.50. The third-order valence-electron chi connectivity index (χ3n) is 4.44. The minimum Gasteiger partial charge on any atom is -0.331 e. The molecule has 0 amide bonds. The Bertz CT molecular complexity index is 577. The first-order chi connectivity index (χ1) is 9.16. The van der Waals surface area contributed by atoms with Crippen molar-refractivity contribution in [1.82, 2.24) is 9.55 Å². The molecule has 0 radical (unpaired) electrons. The molecule has 2 aromatic rings. The third-order valence-corrected chi connectivity index (χ3v) is 4.44. The number of imidazole rings is 1. The average Bonchev–Trinajstić information content (AvgIpc) is 2.76. The standard InChI is InChI=1S/C16H23N3/c1-11(17)13-8-9-15-14(10-13)18-16(19(15)2)12-6-4-3-5-7-12/h8-12H,3-7,17H2,1-2H3. The molecule has 1 fully saturated rings. The maximum absolute atomic E-state index is 5.96. The lowest BCUT2D eigenvalue weighted by atomic mass is 9.89. The highest BCUT2D eigenvalue weighted by molar-refractivity contribution is 5.77. The zero-order valence-corrected chi connectivity index (χ0v) is 11.9. The van der Waals surface area contributed by atoms with E-state index >= 15 is 0 Å². The van der Waals surface area contributed by atoms with Crippen LogP contribution in [0.3, 0.4) is 0 Å². The van der Waals surface area contributed by atoms with Gasteiger partial charge in [-0.3, -0.25) is 0 Å². The third kappa shape index (κ3) is 2.27. The van der Waals surface area contributed by atoms with Crippen LogP contribution >= 0.6 is 0 Å². The zero-order chi connectivity index (χ0) is 13.4. The number of benzene rings is 1. The van der Waals surface area contributed by atoms with Gasteiger partial charge in [0.25, 0.3) is 0 Å². The molecule has 1 atom stereocenters. The largest absolute Gasteiger partial charge is 0.331 e. The van der Waals surface area contributed by atoms with Crippen molar-refractivity contribution in [3.63, 3.8) is 0 Å². The molecule has 1 aliphatic rings. The molecule has 1 aromatic carbocycles. The van der Waals surface area contributed by atoms with E-state index in [-0.39, 0.29) is 6.04 Å². The van der Waals surface area contributed by atoms with Crippen molar-refractivity contribution in [2.75, 3.05) is 0 Å². The summed E-state index contributed by atoms with van der Waals surface area (Å²) in [5.41, 5.74) is 9.45. The number of nitrogens with zero attached hydrogens (tertiary/aromatic N) is 2. The molecule has 0 spiro atoms. The molecule has 2 N–H and O–H groups in total. The van der Waals surface area contributed by atoms with Gasteiger partial charge in [0, 0.05) is 19.0 Å². The van der Waals surface area contributed by atoms with E-state index in [1.165, 1.54) is 49.0 Å². The first kappa shape index (κ1) is 12.7. The number of hydrogen-bond donors (Lipinski definition) is 1. The summed E-state index contributed by atoms with van der Waals surface area (Å²) in [5.74, 6) is 1.90. The first-order valence-electron chi connectivity index (χ1n) is 7.38. The Labute approximate surface area is 114 Å². The van der Waals surface area contributed by atoms with Crippen LogP contribution in [-0.2, 0) is 7.05 Å². The molecule has 19 heavy (non-hydrogen) atoms. The number of aromatic nitrogens is 2. The molecular weight excluding hydrogens is 234 g/mol. The van der Waals surface area contributed by atoms with Gasteiger partial charge in [0.1, 0.15) is 5.82 Å². The Hall–Kier alpha value is -1.35. The average molecular weight is 257 g/mol. The number of aryl methyl sites for hydroxylation is 1. The van der Waals surface area contributed by atoms with Gasteiger partial charge in [-0.05, 0) is 37.5 Å². The summed E-state index contributed by atoms with van der Waals surface area (Å²) in [6.45, 7) is 2.02. The molecule has 0 aliphatic heterocycles. The van der Waals surface area contributed by atoms with E-state index in [1.54, 1.807) is 0 Å². The summed E-state index contributed by atoms with van der Waals surface area (Å²) in [4.78, 5) is 4.89. The van der Waals surface area contributed by atoms with Crippen LogP contribution in [0.2, 0.25) is 0 Å². The highest BCUT2D eigenvalue weighted by atomic mass is 15.1. The quantitative estimate of drug-likeness (QED) is 0.892. The fourth-order valence-corrected chi connectivity index (χ4v) is 3.24. The second kappa shape index (κ2) is 4.97. The zero-order valence-electron chi connectivity index (χ0n) is 11.9. The van der Waals surface area contributed by atoms with E-state index in [4.69, 9.17) is 10.7 Å². The van der Waals surface area contributed by atoms with Gasteiger partial charge in [-0.15, -0.1) is 0 Å². The number of nitrogens with two attached hydrogens (primary N) is 1. The molecule has 1 heterocycles. The first-order valence-corrected chi connectivity index (χ1v) is 7.38. The van der Waals surface area contributed by atoms with Crippen molar-refractivity contribution in [3.05, 3.63) is 29.6 Å². The predicted octanol–water partition coefficient (Wildman–Crippen LogP) is 3.64. The molecule has 0 bridgehead atoms. The van der Waals surface area contributed by atoms with Crippen LogP contribution in [0.25, 0.3) is 11.0 Å². The second-order valence-electron chi connectivity index (χ2n) is 5.90. The molecule has 3 heteroatoms. The molecule has 102 valence electrons. The van der Waals surface area contributed by atoms with Gasteiger partial charge in [0.15, 0.2) is 0 Å². The van der Waals surface area contributed by atoms with Crippen LogP contribution in [-0.4, -0.2) is 9.55 Å². The van der Waals surface area contributed by atoms with Crippen molar-refractivity contribution in [3.8, 4) is 0 Å². The van der Waals surface area contributed by atoms with Crippen LogP contribution in [0.1, 0.15) is 62.4 Å². The molecule has 1 unspecified atom stereocenters. The van der Waals surface area contributed by atoms with Gasteiger partial charge < -0.3 is 10.3 Å². The van der Waals surface area contributed by atoms with Gasteiger partial charge in [0.05, 0.1) is 11.0 Å². The topological polar surface area (TPSA) is 43.8 Å². The summed E-state index contributed by atoms with van der Waals surface area (Å²) in [5, 5.41) is 0. The number of fused-ring (bicyclic) bond motifs is 1. The van der Waals surface area contributed by atoms with Crippen molar-refractivity contribution in [1.29, 1.82) is 0 Å². The maximum atomic E-state index is 5.96. The molecule has 3 nitrogen and oxygen atoms in total. The molecule has 1 saturated carbocycles. The molecule has 1 aromatic heterocycles. The van der Waals surface area contributed by atoms with Crippen molar-refractivity contribution in [2.45, 2.75) is 51.0 Å². The lowest BCUT2D eigenvalue weighted by Gasteiger charge is -2.20. The summed E-state index contributed by atoms with van der Waals surface area (Å²) >= 11 is 0. The normalized spacial score (nSPS) is 18.9. The summed E-state index contributed by atoms with van der Waals surface area (Å²) in [6.07, 6.45) is 6.65. The Kier molecular flexibility index (Phi) is 3.31. The van der Waals surface area contributed by atoms with E-state index in [2.05, 4.69) is 29.8 Å². The van der Waals surface area contributed by atoms with Gasteiger partial charge in [0.2, 0.25) is 0 Å². The van der Waals surface area contributed by atoms with Gasteiger partial charge in [-0.2, -0.15) is 0 Å².